The second-order valence-corrected chi connectivity index (χ2v) is 13.1. The minimum absolute atomic E-state index is 0.0290. The zero-order valence-electron chi connectivity index (χ0n) is 26.4. The molecule has 5 atom stereocenters. The lowest BCUT2D eigenvalue weighted by Gasteiger charge is -2.29. The van der Waals surface area contributed by atoms with Gasteiger partial charge in [0.2, 0.25) is 11.8 Å². The van der Waals surface area contributed by atoms with E-state index in [2.05, 4.69) is 38.9 Å². The Morgan fingerprint density at radius 2 is 1.86 bits per heavy atom. The van der Waals surface area contributed by atoms with Gasteiger partial charge in [-0.1, -0.05) is 32.4 Å². The lowest BCUT2D eigenvalue weighted by molar-refractivity contribution is -0.144. The smallest absolute Gasteiger partial charge is 0.307 e. The van der Waals surface area contributed by atoms with E-state index in [-0.39, 0.29) is 35.5 Å². The molecule has 1 saturated heterocycles. The van der Waals surface area contributed by atoms with E-state index < -0.39 is 11.9 Å². The zero-order chi connectivity index (χ0) is 30.2. The average Bonchev–Trinajstić information content (AvgIpc) is 3.67. The Morgan fingerprint density at radius 1 is 1.10 bits per heavy atom. The number of nitrogens with zero attached hydrogens (tertiary/aromatic N) is 3. The van der Waals surface area contributed by atoms with Gasteiger partial charge in [-0.2, -0.15) is 0 Å². The lowest BCUT2D eigenvalue weighted by atomic mass is 9.81. The summed E-state index contributed by atoms with van der Waals surface area (Å²) in [6.07, 6.45) is 8.26. The molecule has 3 aliphatic rings. The summed E-state index contributed by atoms with van der Waals surface area (Å²) in [4.78, 5) is 45.8. The summed E-state index contributed by atoms with van der Waals surface area (Å²) in [5, 5.41) is 10.6. The van der Waals surface area contributed by atoms with Gasteiger partial charge >= 0.3 is 5.97 Å². The number of carbonyl (C=O) groups excluding carboxylic acids is 2. The molecule has 2 fully saturated rings. The summed E-state index contributed by atoms with van der Waals surface area (Å²) < 4.78 is 5.71. The van der Waals surface area contributed by atoms with E-state index in [1.54, 1.807) is 0 Å². The molecule has 0 aromatic heterocycles. The number of amides is 2. The fourth-order valence-corrected chi connectivity index (χ4v) is 7.53. The van der Waals surface area contributed by atoms with Crippen LogP contribution in [0.5, 0.6) is 5.75 Å². The van der Waals surface area contributed by atoms with Gasteiger partial charge in [-0.15, -0.1) is 0 Å². The van der Waals surface area contributed by atoms with Gasteiger partial charge in [-0.3, -0.25) is 14.4 Å². The number of hydrogen-bond donors (Lipinski definition) is 1. The molecule has 0 spiro atoms. The van der Waals surface area contributed by atoms with Crippen LogP contribution in [-0.4, -0.2) is 91.0 Å². The number of unbranched alkanes of at least 4 members (excludes halogenated alkanes) is 2. The zero-order valence-corrected chi connectivity index (χ0v) is 26.4. The highest BCUT2D eigenvalue weighted by Crippen LogP contribution is 2.51. The molecule has 42 heavy (non-hydrogen) atoms. The predicted molar refractivity (Wildman–Crippen MR) is 165 cm³/mol. The van der Waals surface area contributed by atoms with Gasteiger partial charge in [0, 0.05) is 44.9 Å². The second kappa shape index (κ2) is 15.2. The van der Waals surface area contributed by atoms with Crippen molar-refractivity contribution in [1.82, 2.24) is 14.7 Å². The van der Waals surface area contributed by atoms with Crippen LogP contribution in [0.2, 0.25) is 0 Å². The first kappa shape index (κ1) is 32.3. The summed E-state index contributed by atoms with van der Waals surface area (Å²) >= 11 is 0. The monoisotopic (exact) mass is 583 g/mol. The third kappa shape index (κ3) is 7.86. The van der Waals surface area contributed by atoms with Crippen molar-refractivity contribution in [3.8, 4) is 5.75 Å². The summed E-state index contributed by atoms with van der Waals surface area (Å²) in [5.74, 6) is -0.372. The fourth-order valence-electron chi connectivity index (χ4n) is 7.53. The third-order valence-electron chi connectivity index (χ3n) is 9.97. The SMILES string of the molecule is CCCCN(CCCCN(C)C)C(=O)CC1C[C@H](c2ccc3c(c2)CCO3)[C@@H](C(=O)O)[C@@H]1CCN1CCC(CC)C1=O. The molecular formula is C34H53N3O5. The summed E-state index contributed by atoms with van der Waals surface area (Å²) in [6.45, 7) is 8.70. The Kier molecular flexibility index (Phi) is 11.7. The Morgan fingerprint density at radius 3 is 2.55 bits per heavy atom. The van der Waals surface area contributed by atoms with E-state index in [1.807, 2.05) is 21.9 Å². The standard InChI is InChI=1S/C34H53N3O5/c1-5-7-16-36(17-9-8-15-35(3)4)31(38)23-27-22-29(25-10-11-30-26(21-25)14-20-42-30)32(34(40)41)28(27)13-19-37-18-12-24(6-2)33(37)39/h10-11,21,24,27-29,32H,5-9,12-20,22-23H2,1-4H3,(H,40,41)/t24?,27?,28-,29-,32+/m1/s1. The largest absolute Gasteiger partial charge is 0.493 e. The first-order valence-corrected chi connectivity index (χ1v) is 16.4. The van der Waals surface area contributed by atoms with E-state index >= 15 is 0 Å². The van der Waals surface area contributed by atoms with Crippen molar-refractivity contribution in [2.75, 3.05) is 53.4 Å². The summed E-state index contributed by atoms with van der Waals surface area (Å²) in [5.41, 5.74) is 2.19. The van der Waals surface area contributed by atoms with Gasteiger partial charge in [0.05, 0.1) is 12.5 Å². The molecule has 0 radical (unpaired) electrons. The van der Waals surface area contributed by atoms with E-state index in [1.165, 1.54) is 0 Å². The molecule has 1 saturated carbocycles. The Bertz CT molecular complexity index is 1080. The van der Waals surface area contributed by atoms with E-state index in [0.717, 1.165) is 88.0 Å². The van der Waals surface area contributed by atoms with E-state index in [9.17, 15) is 19.5 Å². The van der Waals surface area contributed by atoms with Crippen LogP contribution in [0.25, 0.3) is 0 Å². The number of aliphatic carboxylic acids is 1. The molecule has 2 heterocycles. The highest BCUT2D eigenvalue weighted by molar-refractivity contribution is 5.81. The molecule has 2 amide bonds. The maximum atomic E-state index is 13.8. The molecule has 1 aliphatic carbocycles. The quantitative estimate of drug-likeness (QED) is 0.274. The van der Waals surface area contributed by atoms with E-state index in [4.69, 9.17) is 4.74 Å². The second-order valence-electron chi connectivity index (χ2n) is 13.1. The number of fused-ring (bicyclic) bond motifs is 1. The number of hydrogen-bond acceptors (Lipinski definition) is 5. The topological polar surface area (TPSA) is 90.4 Å². The van der Waals surface area contributed by atoms with Gasteiger partial charge in [0.15, 0.2) is 0 Å². The molecule has 8 nitrogen and oxygen atoms in total. The maximum Gasteiger partial charge on any atom is 0.307 e. The summed E-state index contributed by atoms with van der Waals surface area (Å²) in [7, 11) is 4.14. The van der Waals surface area contributed by atoms with E-state index in [0.29, 0.717) is 32.4 Å². The molecule has 0 bridgehead atoms. The van der Waals surface area contributed by atoms with Crippen LogP contribution in [0.4, 0.5) is 0 Å². The van der Waals surface area contributed by atoms with Crippen molar-refractivity contribution in [2.45, 2.75) is 84.0 Å². The highest BCUT2D eigenvalue weighted by Gasteiger charge is 2.48. The number of likely N-dealkylation sites (tertiary alicyclic amines) is 1. The molecule has 2 aliphatic heterocycles. The van der Waals surface area contributed by atoms with Gasteiger partial charge in [-0.05, 0) is 101 Å². The van der Waals surface area contributed by atoms with Gasteiger partial charge in [0.1, 0.15) is 5.75 Å². The molecule has 2 unspecified atom stereocenters. The van der Waals surface area contributed by atoms with Crippen LogP contribution in [0.15, 0.2) is 18.2 Å². The predicted octanol–water partition coefficient (Wildman–Crippen LogP) is 5.05. The molecule has 1 aromatic rings. The van der Waals surface area contributed by atoms with Gasteiger partial charge in [0.25, 0.3) is 0 Å². The lowest BCUT2D eigenvalue weighted by Crippen LogP contribution is -2.36. The van der Waals surface area contributed by atoms with Crippen LogP contribution in [0, 0.1) is 23.7 Å². The van der Waals surface area contributed by atoms with Crippen LogP contribution in [0.1, 0.15) is 88.7 Å². The van der Waals surface area contributed by atoms with Crippen molar-refractivity contribution < 1.29 is 24.2 Å². The van der Waals surface area contributed by atoms with Gasteiger partial charge in [-0.25, -0.2) is 0 Å². The normalized spacial score (nSPS) is 25.2. The van der Waals surface area contributed by atoms with Crippen LogP contribution in [0.3, 0.4) is 0 Å². The van der Waals surface area contributed by atoms with Crippen molar-refractivity contribution >= 4 is 17.8 Å². The molecule has 1 aromatic carbocycles. The van der Waals surface area contributed by atoms with Crippen LogP contribution < -0.4 is 4.74 Å². The average molecular weight is 584 g/mol. The maximum absolute atomic E-state index is 13.8. The van der Waals surface area contributed by atoms with Crippen molar-refractivity contribution in [3.63, 3.8) is 0 Å². The fraction of sp³-hybridized carbons (Fsp3) is 0.735. The molecular weight excluding hydrogens is 530 g/mol. The Balaban J connectivity index is 1.54. The minimum atomic E-state index is -0.789. The first-order chi connectivity index (χ1) is 20.2. The molecule has 8 heteroatoms. The minimum Gasteiger partial charge on any atom is -0.493 e. The molecule has 4 rings (SSSR count). The van der Waals surface area contributed by atoms with Crippen molar-refractivity contribution in [2.24, 2.45) is 23.7 Å². The van der Waals surface area contributed by atoms with Crippen molar-refractivity contribution in [3.05, 3.63) is 29.3 Å². The number of carbonyl (C=O) groups is 3. The Hall–Kier alpha value is -2.61. The Labute approximate surface area is 252 Å². The highest BCUT2D eigenvalue weighted by atomic mass is 16.5. The molecule has 234 valence electrons. The number of benzene rings is 1. The van der Waals surface area contributed by atoms with Crippen LogP contribution in [-0.2, 0) is 20.8 Å². The third-order valence-corrected chi connectivity index (χ3v) is 9.97. The number of rotatable bonds is 16. The van der Waals surface area contributed by atoms with Crippen LogP contribution >= 0.6 is 0 Å². The number of carboxylic acids is 1. The van der Waals surface area contributed by atoms with Crippen molar-refractivity contribution in [1.29, 1.82) is 0 Å². The molecule has 1 N–H and O–H groups in total. The summed E-state index contributed by atoms with van der Waals surface area (Å²) in [6, 6.07) is 6.15. The number of carboxylic acid groups (broad SMARTS) is 1. The first-order valence-electron chi connectivity index (χ1n) is 16.4. The number of ether oxygens (including phenoxy) is 1. The van der Waals surface area contributed by atoms with Gasteiger partial charge < -0.3 is 24.5 Å².